The third kappa shape index (κ3) is 4.91. The minimum Gasteiger partial charge on any atom is -0.294 e. The normalized spacial score (nSPS) is 12.2. The number of carbonyl (C=O) groups is 1. The van der Waals surface area contributed by atoms with Crippen LogP contribution < -0.4 is 0 Å². The van der Waals surface area contributed by atoms with E-state index in [4.69, 9.17) is 11.6 Å². The maximum absolute atomic E-state index is 12.9. The summed E-state index contributed by atoms with van der Waals surface area (Å²) in [4.78, 5) is 12.9. The Kier molecular flexibility index (Phi) is 5.81. The van der Waals surface area contributed by atoms with Crippen LogP contribution in [0, 0.1) is 0 Å². The predicted octanol–water partition coefficient (Wildman–Crippen LogP) is 5.95. The number of benzene rings is 3. The van der Waals surface area contributed by atoms with E-state index in [0.29, 0.717) is 11.4 Å². The Morgan fingerprint density at radius 1 is 0.840 bits per heavy atom. The highest BCUT2D eigenvalue weighted by Gasteiger charge is 2.18. The number of allylic oxidation sites excluding steroid dienone is 1. The lowest BCUT2D eigenvalue weighted by molar-refractivity contribution is -0.115. The molecular formula is C23H19ClO. The zero-order valence-electron chi connectivity index (χ0n) is 13.8. The number of hydrogen-bond donors (Lipinski definition) is 0. The molecule has 25 heavy (non-hydrogen) atoms. The summed E-state index contributed by atoms with van der Waals surface area (Å²) in [5, 5.41) is 0.690. The Morgan fingerprint density at radius 2 is 1.44 bits per heavy atom. The van der Waals surface area contributed by atoms with Crippen LogP contribution in [-0.2, 0) is 11.2 Å². The Balaban J connectivity index is 1.83. The first-order chi connectivity index (χ1) is 12.2. The van der Waals surface area contributed by atoms with E-state index in [1.807, 2.05) is 78.9 Å². The van der Waals surface area contributed by atoms with E-state index >= 15 is 0 Å². The zero-order chi connectivity index (χ0) is 17.5. The van der Waals surface area contributed by atoms with E-state index in [0.717, 1.165) is 16.7 Å². The first-order valence-corrected chi connectivity index (χ1v) is 8.66. The van der Waals surface area contributed by atoms with Crippen LogP contribution in [0.1, 0.15) is 22.6 Å². The molecule has 124 valence electrons. The van der Waals surface area contributed by atoms with Crippen molar-refractivity contribution in [3.8, 4) is 0 Å². The van der Waals surface area contributed by atoms with Crippen molar-refractivity contribution in [1.29, 1.82) is 0 Å². The van der Waals surface area contributed by atoms with Gasteiger partial charge < -0.3 is 0 Å². The van der Waals surface area contributed by atoms with E-state index in [9.17, 15) is 4.79 Å². The first kappa shape index (κ1) is 17.2. The molecule has 0 radical (unpaired) electrons. The van der Waals surface area contributed by atoms with Crippen LogP contribution in [0.25, 0.3) is 6.08 Å². The average Bonchev–Trinajstić information content (AvgIpc) is 2.67. The van der Waals surface area contributed by atoms with Gasteiger partial charge in [-0.05, 0) is 41.3 Å². The number of hydrogen-bond acceptors (Lipinski definition) is 1. The van der Waals surface area contributed by atoms with Crippen LogP contribution in [0.2, 0.25) is 5.02 Å². The van der Waals surface area contributed by atoms with Gasteiger partial charge in [0.25, 0.3) is 0 Å². The molecule has 0 N–H and O–H groups in total. The van der Waals surface area contributed by atoms with Crippen molar-refractivity contribution in [1.82, 2.24) is 0 Å². The molecule has 0 heterocycles. The van der Waals surface area contributed by atoms with Crippen LogP contribution in [0.5, 0.6) is 0 Å². The van der Waals surface area contributed by atoms with Crippen molar-refractivity contribution in [3.63, 3.8) is 0 Å². The Hall–Kier alpha value is -2.64. The molecule has 0 aliphatic carbocycles. The Labute approximate surface area is 153 Å². The second kappa shape index (κ2) is 8.46. The number of ketones is 1. The lowest BCUT2D eigenvalue weighted by Gasteiger charge is -2.14. The highest BCUT2D eigenvalue weighted by Crippen LogP contribution is 2.23. The summed E-state index contributed by atoms with van der Waals surface area (Å²) >= 11 is 5.90. The first-order valence-electron chi connectivity index (χ1n) is 8.29. The monoisotopic (exact) mass is 346 g/mol. The summed E-state index contributed by atoms with van der Waals surface area (Å²) in [6.45, 7) is 0. The molecular weight excluding hydrogens is 328 g/mol. The molecule has 0 bridgehead atoms. The van der Waals surface area contributed by atoms with E-state index in [2.05, 4.69) is 12.1 Å². The Morgan fingerprint density at radius 3 is 2.08 bits per heavy atom. The molecule has 0 fully saturated rings. The maximum Gasteiger partial charge on any atom is 0.163 e. The van der Waals surface area contributed by atoms with Crippen LogP contribution in [0.15, 0.2) is 91.0 Å². The number of halogens is 1. The van der Waals surface area contributed by atoms with Gasteiger partial charge in [0, 0.05) is 5.02 Å². The molecule has 1 nitrogen and oxygen atoms in total. The van der Waals surface area contributed by atoms with Crippen molar-refractivity contribution in [3.05, 3.63) is 113 Å². The van der Waals surface area contributed by atoms with E-state index in [-0.39, 0.29) is 11.7 Å². The van der Waals surface area contributed by atoms with Crippen LogP contribution in [-0.4, -0.2) is 5.78 Å². The number of rotatable bonds is 6. The minimum absolute atomic E-state index is 0.102. The lowest BCUT2D eigenvalue weighted by Crippen LogP contribution is -2.13. The Bertz CT molecular complexity index is 836. The van der Waals surface area contributed by atoms with Crippen molar-refractivity contribution in [2.24, 2.45) is 0 Å². The van der Waals surface area contributed by atoms with Gasteiger partial charge >= 0.3 is 0 Å². The molecule has 3 rings (SSSR count). The third-order valence-electron chi connectivity index (χ3n) is 4.14. The molecule has 0 aliphatic heterocycles. The third-order valence-corrected chi connectivity index (χ3v) is 4.39. The molecule has 3 aromatic carbocycles. The van der Waals surface area contributed by atoms with Gasteiger partial charge in [-0.25, -0.2) is 0 Å². The standard InChI is InChI=1S/C23H19ClO/c24-21-14-11-18(12-15-21)13-16-23(25)22(20-9-5-2-6-10-20)17-19-7-3-1-4-8-19/h1-16,22H,17H2/b16-13+. The lowest BCUT2D eigenvalue weighted by atomic mass is 9.88. The van der Waals surface area contributed by atoms with Crippen molar-refractivity contribution < 1.29 is 4.79 Å². The van der Waals surface area contributed by atoms with Gasteiger partial charge in [0.05, 0.1) is 5.92 Å². The minimum atomic E-state index is -0.188. The van der Waals surface area contributed by atoms with E-state index in [1.54, 1.807) is 6.08 Å². The summed E-state index contributed by atoms with van der Waals surface area (Å²) in [6.07, 6.45) is 4.21. The van der Waals surface area contributed by atoms with Gasteiger partial charge in [0.1, 0.15) is 0 Å². The SMILES string of the molecule is O=C(/C=C/c1ccc(Cl)cc1)C(Cc1ccccc1)c1ccccc1. The fourth-order valence-corrected chi connectivity index (χ4v) is 2.91. The predicted molar refractivity (Wildman–Crippen MR) is 105 cm³/mol. The summed E-state index contributed by atoms with van der Waals surface area (Å²) in [5.41, 5.74) is 3.16. The summed E-state index contributed by atoms with van der Waals surface area (Å²) in [7, 11) is 0. The molecule has 1 atom stereocenters. The molecule has 0 amide bonds. The largest absolute Gasteiger partial charge is 0.294 e. The van der Waals surface area contributed by atoms with Crippen molar-refractivity contribution in [2.45, 2.75) is 12.3 Å². The van der Waals surface area contributed by atoms with Crippen LogP contribution in [0.4, 0.5) is 0 Å². The van der Waals surface area contributed by atoms with Gasteiger partial charge in [0.2, 0.25) is 0 Å². The maximum atomic E-state index is 12.9. The fourth-order valence-electron chi connectivity index (χ4n) is 2.79. The summed E-state index contributed by atoms with van der Waals surface area (Å²) in [6, 6.07) is 27.5. The highest BCUT2D eigenvalue weighted by molar-refractivity contribution is 6.30. The molecule has 0 saturated heterocycles. The second-order valence-electron chi connectivity index (χ2n) is 5.94. The average molecular weight is 347 g/mol. The van der Waals surface area contributed by atoms with Gasteiger partial charge in [-0.1, -0.05) is 90.5 Å². The smallest absolute Gasteiger partial charge is 0.163 e. The molecule has 0 saturated carbocycles. The summed E-state index contributed by atoms with van der Waals surface area (Å²) in [5.74, 6) is -0.0860. The highest BCUT2D eigenvalue weighted by atomic mass is 35.5. The molecule has 0 spiro atoms. The van der Waals surface area contributed by atoms with Crippen LogP contribution >= 0.6 is 11.6 Å². The van der Waals surface area contributed by atoms with Gasteiger partial charge in [0.15, 0.2) is 5.78 Å². The zero-order valence-corrected chi connectivity index (χ0v) is 14.6. The topological polar surface area (TPSA) is 17.1 Å². The fraction of sp³-hybridized carbons (Fsp3) is 0.0870. The van der Waals surface area contributed by atoms with Gasteiger partial charge in [-0.3, -0.25) is 4.79 Å². The van der Waals surface area contributed by atoms with E-state index in [1.165, 1.54) is 0 Å². The number of carbonyl (C=O) groups excluding carboxylic acids is 1. The quantitative estimate of drug-likeness (QED) is 0.504. The molecule has 3 aromatic rings. The van der Waals surface area contributed by atoms with Crippen LogP contribution in [0.3, 0.4) is 0 Å². The molecule has 1 unspecified atom stereocenters. The molecule has 2 heteroatoms. The summed E-state index contributed by atoms with van der Waals surface area (Å²) < 4.78 is 0. The molecule has 0 aromatic heterocycles. The second-order valence-corrected chi connectivity index (χ2v) is 6.38. The van der Waals surface area contributed by atoms with Crippen molar-refractivity contribution >= 4 is 23.5 Å². The molecule has 0 aliphatic rings. The van der Waals surface area contributed by atoms with E-state index < -0.39 is 0 Å². The van der Waals surface area contributed by atoms with Gasteiger partial charge in [-0.15, -0.1) is 0 Å². The van der Waals surface area contributed by atoms with Gasteiger partial charge in [-0.2, -0.15) is 0 Å². The van der Waals surface area contributed by atoms with Crippen molar-refractivity contribution in [2.75, 3.05) is 0 Å².